The van der Waals surface area contributed by atoms with Gasteiger partial charge in [0.05, 0.1) is 31.7 Å². The number of hydrogen-bond acceptors (Lipinski definition) is 6. The molecule has 0 amide bonds. The standard InChI is InChI=1S/C36H34N4O4S/c1-27-35(39-45(3,41)42)10-5-11-36(27)40(23-28-12-16-32(37-2)17-13-28)24-29-14-18-33(19-15-29)44-34-9-4-7-30(21-34)25-43-26-31-8-6-20-38-22-31/h4-22,39H,23-26H2,1,3H3. The smallest absolute Gasteiger partial charge is 0.229 e. The summed E-state index contributed by atoms with van der Waals surface area (Å²) < 4.78 is 38.6. The van der Waals surface area contributed by atoms with Crippen molar-refractivity contribution in [2.75, 3.05) is 15.9 Å². The molecule has 8 nitrogen and oxygen atoms in total. The zero-order chi connectivity index (χ0) is 31.6. The molecular formula is C36H34N4O4S. The first-order valence-electron chi connectivity index (χ1n) is 14.4. The second-order valence-corrected chi connectivity index (χ2v) is 12.5. The molecule has 0 aliphatic rings. The Balaban J connectivity index is 1.30. The zero-order valence-corrected chi connectivity index (χ0v) is 26.0. The van der Waals surface area contributed by atoms with Crippen LogP contribution in [0.3, 0.4) is 0 Å². The molecule has 0 bridgehead atoms. The summed E-state index contributed by atoms with van der Waals surface area (Å²) in [6.07, 6.45) is 4.69. The number of ether oxygens (including phenoxy) is 2. The van der Waals surface area contributed by atoms with Gasteiger partial charge in [-0.1, -0.05) is 60.7 Å². The summed E-state index contributed by atoms with van der Waals surface area (Å²) >= 11 is 0. The quantitative estimate of drug-likeness (QED) is 0.135. The van der Waals surface area contributed by atoms with Crippen molar-refractivity contribution < 1.29 is 17.9 Å². The van der Waals surface area contributed by atoms with E-state index in [0.29, 0.717) is 43.4 Å². The Bertz CT molecular complexity index is 1870. The van der Waals surface area contributed by atoms with Gasteiger partial charge in [-0.15, -0.1) is 0 Å². The number of anilines is 2. The fourth-order valence-corrected chi connectivity index (χ4v) is 5.51. The Morgan fingerprint density at radius 1 is 0.800 bits per heavy atom. The van der Waals surface area contributed by atoms with Crippen molar-refractivity contribution in [1.29, 1.82) is 0 Å². The first-order chi connectivity index (χ1) is 21.8. The molecule has 0 saturated carbocycles. The Labute approximate surface area is 264 Å². The van der Waals surface area contributed by atoms with E-state index < -0.39 is 10.0 Å². The summed E-state index contributed by atoms with van der Waals surface area (Å²) in [5.74, 6) is 1.43. The molecule has 0 fully saturated rings. The molecule has 0 unspecified atom stereocenters. The third kappa shape index (κ3) is 9.16. The van der Waals surface area contributed by atoms with Crippen LogP contribution in [0, 0.1) is 13.5 Å². The van der Waals surface area contributed by atoms with Crippen LogP contribution in [0.2, 0.25) is 0 Å². The summed E-state index contributed by atoms with van der Waals surface area (Å²) in [5, 5.41) is 0. The monoisotopic (exact) mass is 618 g/mol. The number of pyridine rings is 1. The van der Waals surface area contributed by atoms with Gasteiger partial charge in [0.25, 0.3) is 0 Å². The molecule has 0 aliphatic heterocycles. The Kier molecular flexibility index (Phi) is 10.1. The summed E-state index contributed by atoms with van der Waals surface area (Å²) in [5.41, 5.74) is 6.97. The van der Waals surface area contributed by atoms with Crippen LogP contribution in [0.5, 0.6) is 11.5 Å². The topological polar surface area (TPSA) is 85.1 Å². The molecular weight excluding hydrogens is 584 g/mol. The molecule has 1 heterocycles. The average Bonchev–Trinajstić information content (AvgIpc) is 3.03. The fourth-order valence-electron chi connectivity index (χ4n) is 4.89. The minimum Gasteiger partial charge on any atom is -0.457 e. The van der Waals surface area contributed by atoms with E-state index in [1.807, 2.05) is 104 Å². The molecule has 228 valence electrons. The number of hydrogen-bond donors (Lipinski definition) is 1. The van der Waals surface area contributed by atoms with Crippen LogP contribution in [-0.2, 0) is 41.1 Å². The number of rotatable bonds is 13. The molecule has 5 aromatic rings. The van der Waals surface area contributed by atoms with Crippen molar-refractivity contribution in [3.63, 3.8) is 0 Å². The third-order valence-electron chi connectivity index (χ3n) is 7.07. The van der Waals surface area contributed by atoms with Crippen molar-refractivity contribution in [3.05, 3.63) is 155 Å². The lowest BCUT2D eigenvalue weighted by atomic mass is 10.1. The van der Waals surface area contributed by atoms with Crippen molar-refractivity contribution in [3.8, 4) is 11.5 Å². The maximum absolute atomic E-state index is 12.0. The second-order valence-electron chi connectivity index (χ2n) is 10.7. The summed E-state index contributed by atoms with van der Waals surface area (Å²) in [6.45, 7) is 11.2. The van der Waals surface area contributed by atoms with Crippen LogP contribution in [0.15, 0.2) is 116 Å². The van der Waals surface area contributed by atoms with Crippen LogP contribution in [-0.4, -0.2) is 19.7 Å². The normalized spacial score (nSPS) is 11.0. The molecule has 0 spiro atoms. The molecule has 0 atom stereocenters. The van der Waals surface area contributed by atoms with E-state index in [0.717, 1.165) is 45.5 Å². The van der Waals surface area contributed by atoms with Gasteiger partial charge in [-0.3, -0.25) is 9.71 Å². The van der Waals surface area contributed by atoms with Crippen molar-refractivity contribution in [1.82, 2.24) is 4.98 Å². The maximum Gasteiger partial charge on any atom is 0.229 e. The van der Waals surface area contributed by atoms with E-state index in [1.54, 1.807) is 18.5 Å². The summed E-state index contributed by atoms with van der Waals surface area (Å²) in [6, 6.07) is 32.8. The average molecular weight is 619 g/mol. The first kappa shape index (κ1) is 31.3. The highest BCUT2D eigenvalue weighted by Gasteiger charge is 2.15. The lowest BCUT2D eigenvalue weighted by Gasteiger charge is -2.28. The lowest BCUT2D eigenvalue weighted by Crippen LogP contribution is -2.23. The SMILES string of the molecule is [C-]#[N+]c1ccc(CN(Cc2ccc(Oc3cccc(COCc4cccnc4)c3)cc2)c2cccc(NS(C)(=O)=O)c2C)cc1. The fraction of sp³-hybridized carbons (Fsp3) is 0.167. The second kappa shape index (κ2) is 14.5. The van der Waals surface area contributed by atoms with Crippen LogP contribution in [0.1, 0.15) is 27.8 Å². The largest absolute Gasteiger partial charge is 0.457 e. The van der Waals surface area contributed by atoms with E-state index in [-0.39, 0.29) is 0 Å². The highest BCUT2D eigenvalue weighted by atomic mass is 32.2. The summed E-state index contributed by atoms with van der Waals surface area (Å²) in [7, 11) is -3.44. The minimum atomic E-state index is -3.44. The molecule has 9 heteroatoms. The summed E-state index contributed by atoms with van der Waals surface area (Å²) in [4.78, 5) is 9.81. The van der Waals surface area contributed by atoms with Gasteiger partial charge in [0.1, 0.15) is 11.5 Å². The molecule has 0 aliphatic carbocycles. The highest BCUT2D eigenvalue weighted by molar-refractivity contribution is 7.92. The van der Waals surface area contributed by atoms with E-state index in [1.165, 1.54) is 0 Å². The molecule has 0 radical (unpaired) electrons. The first-order valence-corrected chi connectivity index (χ1v) is 16.3. The van der Waals surface area contributed by atoms with Crippen LogP contribution < -0.4 is 14.4 Å². The Hall–Kier alpha value is -5.17. The Morgan fingerprint density at radius 2 is 1.47 bits per heavy atom. The third-order valence-corrected chi connectivity index (χ3v) is 7.66. The molecule has 1 N–H and O–H groups in total. The van der Waals surface area contributed by atoms with Gasteiger partial charge in [0.2, 0.25) is 10.0 Å². The lowest BCUT2D eigenvalue weighted by molar-refractivity contribution is 0.107. The molecule has 4 aromatic carbocycles. The maximum atomic E-state index is 12.0. The molecule has 5 rings (SSSR count). The number of nitrogens with zero attached hydrogens (tertiary/aromatic N) is 3. The van der Waals surface area contributed by atoms with E-state index in [9.17, 15) is 8.42 Å². The number of sulfonamides is 1. The van der Waals surface area contributed by atoms with E-state index in [4.69, 9.17) is 16.0 Å². The molecule has 0 saturated heterocycles. The predicted octanol–water partition coefficient (Wildman–Crippen LogP) is 8.03. The van der Waals surface area contributed by atoms with Gasteiger partial charge in [0.15, 0.2) is 5.69 Å². The van der Waals surface area contributed by atoms with Crippen molar-refractivity contribution in [2.24, 2.45) is 0 Å². The van der Waals surface area contributed by atoms with Gasteiger partial charge < -0.3 is 14.4 Å². The minimum absolute atomic E-state index is 0.460. The molecule has 45 heavy (non-hydrogen) atoms. The van der Waals surface area contributed by atoms with Gasteiger partial charge in [-0.2, -0.15) is 0 Å². The predicted molar refractivity (Wildman–Crippen MR) is 178 cm³/mol. The highest BCUT2D eigenvalue weighted by Crippen LogP contribution is 2.31. The van der Waals surface area contributed by atoms with E-state index in [2.05, 4.69) is 19.5 Å². The molecule has 1 aromatic heterocycles. The Morgan fingerprint density at radius 3 is 2.13 bits per heavy atom. The zero-order valence-electron chi connectivity index (χ0n) is 25.2. The van der Waals surface area contributed by atoms with Gasteiger partial charge in [-0.05, 0) is 77.2 Å². The van der Waals surface area contributed by atoms with Crippen LogP contribution in [0.25, 0.3) is 4.85 Å². The van der Waals surface area contributed by atoms with Gasteiger partial charge in [0, 0.05) is 31.2 Å². The van der Waals surface area contributed by atoms with Crippen LogP contribution >= 0.6 is 0 Å². The van der Waals surface area contributed by atoms with Gasteiger partial charge >= 0.3 is 0 Å². The van der Waals surface area contributed by atoms with Gasteiger partial charge in [-0.25, -0.2) is 13.3 Å². The number of benzene rings is 4. The number of aromatic nitrogens is 1. The number of nitrogens with one attached hydrogen (secondary N) is 1. The van der Waals surface area contributed by atoms with E-state index >= 15 is 0 Å². The van der Waals surface area contributed by atoms with Crippen LogP contribution in [0.4, 0.5) is 17.1 Å². The van der Waals surface area contributed by atoms with Crippen molar-refractivity contribution in [2.45, 2.75) is 33.2 Å². The van der Waals surface area contributed by atoms with Crippen molar-refractivity contribution >= 4 is 27.1 Å².